The van der Waals surface area contributed by atoms with Crippen LogP contribution in [0.3, 0.4) is 0 Å². The Bertz CT molecular complexity index is 2240. The molecule has 0 aliphatic heterocycles. The van der Waals surface area contributed by atoms with Gasteiger partial charge in [-0.25, -0.2) is 4.98 Å². The maximum atomic E-state index is 8.90. The Labute approximate surface area is 221 Å². The van der Waals surface area contributed by atoms with E-state index in [1.165, 1.54) is 0 Å². The Morgan fingerprint density at radius 3 is 2.19 bits per heavy atom. The molecule has 0 radical (unpaired) electrons. The van der Waals surface area contributed by atoms with E-state index in [2.05, 4.69) is 4.98 Å². The lowest BCUT2D eigenvalue weighted by atomic mass is 9.88. The van der Waals surface area contributed by atoms with Crippen molar-refractivity contribution >= 4 is 32.6 Å². The lowest BCUT2D eigenvalue weighted by molar-refractivity contribution is 1.02. The molecular formula is C34H24N2. The van der Waals surface area contributed by atoms with Crippen LogP contribution in [0.15, 0.2) is 127 Å². The van der Waals surface area contributed by atoms with Gasteiger partial charge in [-0.15, -0.1) is 0 Å². The Balaban J connectivity index is 1.74. The molecule has 0 N–H and O–H groups in total. The first-order valence-electron chi connectivity index (χ1n) is 15.7. The Kier molecular flexibility index (Phi) is 3.20. The lowest BCUT2D eigenvalue weighted by Crippen LogP contribution is -2.01. The molecule has 0 unspecified atom stereocenters. The average molecular weight is 469 g/mol. The third-order valence-electron chi connectivity index (χ3n) is 6.64. The second kappa shape index (κ2) is 8.21. The summed E-state index contributed by atoms with van der Waals surface area (Å²) in [5, 5.41) is 2.54. The number of hydrogen-bond acceptors (Lipinski definition) is 1. The second-order valence-electron chi connectivity index (χ2n) is 8.66. The molecule has 7 aromatic rings. The summed E-state index contributed by atoms with van der Waals surface area (Å²) < 4.78 is 69.7. The molecule has 170 valence electrons. The zero-order valence-electron chi connectivity index (χ0n) is 27.1. The third-order valence-corrected chi connectivity index (χ3v) is 6.64. The standard InChI is InChI=1S/C34H24N2/c1-23-35-31-18-10-11-19-32(31)36(23)34-28-17-9-8-16-27(28)33(25-14-6-3-7-15-25)30-22-26(20-21-29(30)34)24-12-4-2-5-13-24/h2-22H,1H3/i1D3,3D,6D,7D,14D,15D. The van der Waals surface area contributed by atoms with Gasteiger partial charge >= 0.3 is 0 Å². The minimum Gasteiger partial charge on any atom is -0.295 e. The van der Waals surface area contributed by atoms with E-state index in [4.69, 9.17) is 11.0 Å². The molecule has 0 bridgehead atoms. The molecule has 1 heterocycles. The van der Waals surface area contributed by atoms with Crippen molar-refractivity contribution < 1.29 is 11.0 Å². The first-order valence-corrected chi connectivity index (χ1v) is 11.7. The summed E-state index contributed by atoms with van der Waals surface area (Å²) in [5.41, 5.74) is 4.10. The number of para-hydroxylation sites is 2. The highest BCUT2D eigenvalue weighted by Crippen LogP contribution is 2.43. The van der Waals surface area contributed by atoms with Gasteiger partial charge in [0.25, 0.3) is 0 Å². The number of aryl methyl sites for hydroxylation is 1. The minimum absolute atomic E-state index is 0.0838. The van der Waals surface area contributed by atoms with E-state index >= 15 is 0 Å². The van der Waals surface area contributed by atoms with Crippen LogP contribution in [0, 0.1) is 6.85 Å². The van der Waals surface area contributed by atoms with E-state index in [0.29, 0.717) is 43.8 Å². The number of aromatic nitrogens is 2. The van der Waals surface area contributed by atoms with Crippen LogP contribution in [0.2, 0.25) is 0 Å². The topological polar surface area (TPSA) is 17.8 Å². The van der Waals surface area contributed by atoms with Crippen molar-refractivity contribution in [2.24, 2.45) is 0 Å². The molecule has 0 atom stereocenters. The number of fused-ring (bicyclic) bond motifs is 3. The Hall–Kier alpha value is -4.69. The molecule has 2 heteroatoms. The molecule has 0 aliphatic rings. The number of nitrogens with zero attached hydrogens (tertiary/aromatic N) is 2. The van der Waals surface area contributed by atoms with Crippen LogP contribution in [0.5, 0.6) is 0 Å². The predicted octanol–water partition coefficient (Wildman–Crippen LogP) is 8.97. The third kappa shape index (κ3) is 3.15. The van der Waals surface area contributed by atoms with E-state index < -0.39 is 25.0 Å². The van der Waals surface area contributed by atoms with Gasteiger partial charge in [-0.2, -0.15) is 0 Å². The van der Waals surface area contributed by atoms with E-state index in [1.807, 2.05) is 91.0 Å². The van der Waals surface area contributed by atoms with Crippen LogP contribution in [0.25, 0.3) is 60.5 Å². The predicted molar refractivity (Wildman–Crippen MR) is 152 cm³/mol. The van der Waals surface area contributed by atoms with Crippen LogP contribution < -0.4 is 0 Å². The fraction of sp³-hybridized carbons (Fsp3) is 0.0294. The maximum Gasteiger partial charge on any atom is 0.111 e. The summed E-state index contributed by atoms with van der Waals surface area (Å²) in [4.78, 5) is 4.55. The molecule has 0 saturated carbocycles. The van der Waals surface area contributed by atoms with Crippen molar-refractivity contribution in [1.29, 1.82) is 0 Å². The first-order chi connectivity index (χ1) is 21.1. The summed E-state index contributed by atoms with van der Waals surface area (Å²) in [6.45, 7) is -2.54. The Morgan fingerprint density at radius 2 is 1.36 bits per heavy atom. The fourth-order valence-corrected chi connectivity index (χ4v) is 5.10. The lowest BCUT2D eigenvalue weighted by Gasteiger charge is -2.20. The number of imidazole rings is 1. The smallest absolute Gasteiger partial charge is 0.111 e. The van der Waals surface area contributed by atoms with Crippen molar-refractivity contribution in [3.05, 3.63) is 133 Å². The molecule has 2 nitrogen and oxygen atoms in total. The molecule has 6 aromatic carbocycles. The monoisotopic (exact) mass is 468 g/mol. The van der Waals surface area contributed by atoms with Gasteiger partial charge in [0, 0.05) is 14.9 Å². The van der Waals surface area contributed by atoms with Gasteiger partial charge in [-0.05, 0) is 58.1 Å². The molecular weight excluding hydrogens is 436 g/mol. The fourth-order valence-electron chi connectivity index (χ4n) is 5.10. The zero-order chi connectivity index (χ0) is 30.9. The summed E-state index contributed by atoms with van der Waals surface area (Å²) >= 11 is 0. The quantitative estimate of drug-likeness (QED) is 0.237. The molecule has 0 fully saturated rings. The van der Waals surface area contributed by atoms with Gasteiger partial charge in [-0.1, -0.05) is 109 Å². The molecule has 0 spiro atoms. The zero-order valence-corrected chi connectivity index (χ0v) is 19.1. The number of hydrogen-bond donors (Lipinski definition) is 0. The van der Waals surface area contributed by atoms with Crippen LogP contribution in [0.1, 0.15) is 16.8 Å². The second-order valence-corrected chi connectivity index (χ2v) is 8.66. The van der Waals surface area contributed by atoms with E-state index in [0.717, 1.165) is 11.1 Å². The van der Waals surface area contributed by atoms with Gasteiger partial charge in [0.05, 0.1) is 23.6 Å². The van der Waals surface area contributed by atoms with Crippen LogP contribution in [-0.4, -0.2) is 9.55 Å². The summed E-state index contributed by atoms with van der Waals surface area (Å²) in [7, 11) is 0. The van der Waals surface area contributed by atoms with Crippen molar-refractivity contribution in [1.82, 2.24) is 9.55 Å². The van der Waals surface area contributed by atoms with Gasteiger partial charge < -0.3 is 0 Å². The van der Waals surface area contributed by atoms with Gasteiger partial charge in [0.1, 0.15) is 5.82 Å². The highest BCUT2D eigenvalue weighted by molar-refractivity contribution is 6.19. The molecule has 1 aromatic heterocycles. The number of benzene rings is 6. The van der Waals surface area contributed by atoms with Gasteiger partial charge in [0.2, 0.25) is 0 Å². The minimum atomic E-state index is -2.54. The molecule has 7 rings (SSSR count). The van der Waals surface area contributed by atoms with Crippen molar-refractivity contribution in [2.75, 3.05) is 0 Å². The van der Waals surface area contributed by atoms with Gasteiger partial charge in [-0.3, -0.25) is 4.57 Å². The van der Waals surface area contributed by atoms with Crippen LogP contribution >= 0.6 is 0 Å². The number of rotatable bonds is 3. The van der Waals surface area contributed by atoms with Crippen LogP contribution in [-0.2, 0) is 0 Å². The largest absolute Gasteiger partial charge is 0.295 e. The first kappa shape index (κ1) is 14.0. The molecule has 0 aliphatic carbocycles. The highest BCUT2D eigenvalue weighted by Gasteiger charge is 2.20. The van der Waals surface area contributed by atoms with Crippen molar-refractivity contribution in [2.45, 2.75) is 6.85 Å². The summed E-state index contributed by atoms with van der Waals surface area (Å²) in [5.74, 6) is -0.0900. The average Bonchev–Trinajstić information content (AvgIpc) is 3.43. The van der Waals surface area contributed by atoms with E-state index in [-0.39, 0.29) is 23.5 Å². The normalized spacial score (nSPS) is 15.0. The Morgan fingerprint density at radius 1 is 0.639 bits per heavy atom. The molecule has 0 amide bonds. The SMILES string of the molecule is [2H]c1c([2H])c([2H])c(-c2c3ccccc3c(-n3c(C([2H])([2H])[2H])nc4ccccc43)c3ccc(-c4ccccc4)cc23)c([2H])c1[2H]. The maximum absolute atomic E-state index is 8.90. The summed E-state index contributed by atoms with van der Waals surface area (Å²) in [6.07, 6.45) is 0. The summed E-state index contributed by atoms with van der Waals surface area (Å²) in [6, 6.07) is 28.3. The van der Waals surface area contributed by atoms with Crippen LogP contribution in [0.4, 0.5) is 0 Å². The highest BCUT2D eigenvalue weighted by atomic mass is 15.1. The van der Waals surface area contributed by atoms with Gasteiger partial charge in [0.15, 0.2) is 0 Å². The van der Waals surface area contributed by atoms with Crippen molar-refractivity contribution in [3.63, 3.8) is 0 Å². The van der Waals surface area contributed by atoms with E-state index in [9.17, 15) is 0 Å². The molecule has 0 saturated heterocycles. The molecule has 36 heavy (non-hydrogen) atoms. The van der Waals surface area contributed by atoms with Crippen molar-refractivity contribution in [3.8, 4) is 27.9 Å². The van der Waals surface area contributed by atoms with E-state index in [1.54, 1.807) is 10.6 Å².